The molecule has 1 amide bonds. The van der Waals surface area contributed by atoms with Crippen molar-refractivity contribution in [2.75, 3.05) is 26.2 Å². The van der Waals surface area contributed by atoms with Crippen LogP contribution in [-0.4, -0.2) is 56.6 Å². The van der Waals surface area contributed by atoms with Gasteiger partial charge in [0, 0.05) is 43.3 Å². The number of carbonyl (C=O) groups excluding carboxylic acids is 1. The highest BCUT2D eigenvalue weighted by atomic mass is 35.5. The molecule has 0 N–H and O–H groups in total. The number of hydrogen-bond donors (Lipinski definition) is 0. The van der Waals surface area contributed by atoms with Gasteiger partial charge in [-0.3, -0.25) is 24.5 Å². The summed E-state index contributed by atoms with van der Waals surface area (Å²) in [7, 11) is 0. The van der Waals surface area contributed by atoms with E-state index in [4.69, 9.17) is 11.6 Å². The Morgan fingerprint density at radius 3 is 2.67 bits per heavy atom. The molecular weight excluding hydrogens is 377 g/mol. The molecule has 1 saturated heterocycles. The summed E-state index contributed by atoms with van der Waals surface area (Å²) < 4.78 is 15.2. The minimum atomic E-state index is -0.633. The molecule has 0 aliphatic carbocycles. The predicted molar refractivity (Wildman–Crippen MR) is 96.9 cm³/mol. The molecule has 2 heterocycles. The fourth-order valence-electron chi connectivity index (χ4n) is 3.04. The largest absolute Gasteiger partial charge is 0.338 e. The van der Waals surface area contributed by atoms with Gasteiger partial charge in [0.25, 0.3) is 0 Å². The van der Waals surface area contributed by atoms with Crippen molar-refractivity contribution in [2.24, 2.45) is 0 Å². The van der Waals surface area contributed by atoms with E-state index in [0.29, 0.717) is 43.3 Å². The van der Waals surface area contributed by atoms with E-state index < -0.39 is 11.0 Å². The average Bonchev–Trinajstić information content (AvgIpc) is 3.15. The molecule has 1 aromatic carbocycles. The number of carbonyl (C=O) groups is 1. The summed E-state index contributed by atoms with van der Waals surface area (Å²) in [5.74, 6) is -0.494. The van der Waals surface area contributed by atoms with Gasteiger partial charge in [-0.15, -0.1) is 0 Å². The number of halogens is 2. The first kappa shape index (κ1) is 19.2. The molecule has 1 aromatic heterocycles. The Balaban J connectivity index is 1.58. The van der Waals surface area contributed by atoms with Crippen molar-refractivity contribution in [3.05, 3.63) is 57.1 Å². The predicted octanol–water partition coefficient (Wildman–Crippen LogP) is 2.49. The lowest BCUT2D eigenvalue weighted by molar-refractivity contribution is -0.385. The average molecular weight is 396 g/mol. The first-order chi connectivity index (χ1) is 12.9. The first-order valence-electron chi connectivity index (χ1n) is 8.49. The quantitative estimate of drug-likeness (QED) is 0.573. The molecule has 1 aliphatic heterocycles. The summed E-state index contributed by atoms with van der Waals surface area (Å²) in [5.41, 5.74) is 0.303. The molecule has 144 valence electrons. The topological polar surface area (TPSA) is 84.5 Å². The molecule has 1 aliphatic rings. The molecule has 2 aromatic rings. The van der Waals surface area contributed by atoms with Gasteiger partial charge in [0.1, 0.15) is 24.3 Å². The van der Waals surface area contributed by atoms with Crippen LogP contribution in [0.1, 0.15) is 18.5 Å². The Morgan fingerprint density at radius 1 is 1.37 bits per heavy atom. The van der Waals surface area contributed by atoms with Crippen LogP contribution >= 0.6 is 11.6 Å². The van der Waals surface area contributed by atoms with Crippen LogP contribution in [0.25, 0.3) is 0 Å². The van der Waals surface area contributed by atoms with E-state index in [9.17, 15) is 19.3 Å². The Kier molecular flexibility index (Phi) is 5.71. The zero-order valence-electron chi connectivity index (χ0n) is 14.7. The minimum absolute atomic E-state index is 0.152. The van der Waals surface area contributed by atoms with Crippen LogP contribution in [0.4, 0.5) is 10.1 Å². The highest BCUT2D eigenvalue weighted by molar-refractivity contribution is 6.31. The van der Waals surface area contributed by atoms with Crippen LogP contribution in [0.15, 0.2) is 30.6 Å². The molecule has 10 heteroatoms. The van der Waals surface area contributed by atoms with E-state index in [2.05, 4.69) is 5.10 Å². The van der Waals surface area contributed by atoms with Gasteiger partial charge in [0.2, 0.25) is 5.91 Å². The Hall–Kier alpha value is -2.52. The lowest BCUT2D eigenvalue weighted by Crippen LogP contribution is -2.50. The molecule has 3 rings (SSSR count). The molecule has 0 spiro atoms. The van der Waals surface area contributed by atoms with Crippen LogP contribution in [0, 0.1) is 15.9 Å². The summed E-state index contributed by atoms with van der Waals surface area (Å²) in [6, 6.07) is 3.97. The third-order valence-corrected chi connectivity index (χ3v) is 5.03. The normalized spacial score (nSPS) is 16.3. The van der Waals surface area contributed by atoms with E-state index in [1.807, 2.05) is 4.90 Å². The Morgan fingerprint density at radius 2 is 2.07 bits per heavy atom. The number of nitrogens with zero attached hydrogens (tertiary/aromatic N) is 5. The van der Waals surface area contributed by atoms with Crippen molar-refractivity contribution in [1.82, 2.24) is 19.6 Å². The maximum absolute atomic E-state index is 13.9. The number of piperazine rings is 1. The smallest absolute Gasteiger partial charge is 0.307 e. The molecule has 0 bridgehead atoms. The van der Waals surface area contributed by atoms with Gasteiger partial charge < -0.3 is 4.90 Å². The number of benzene rings is 1. The Bertz CT molecular complexity index is 831. The SMILES string of the molecule is CC(C(=O)N1CCN(Cc2c(F)cccc2Cl)CC1)n1cc([N+](=O)[O-])cn1. The zero-order valence-corrected chi connectivity index (χ0v) is 15.5. The van der Waals surface area contributed by atoms with E-state index >= 15 is 0 Å². The molecule has 8 nitrogen and oxygen atoms in total. The number of aromatic nitrogens is 2. The van der Waals surface area contributed by atoms with Gasteiger partial charge in [-0.1, -0.05) is 17.7 Å². The fourth-order valence-corrected chi connectivity index (χ4v) is 3.27. The maximum atomic E-state index is 13.9. The standard InChI is InChI=1S/C17H19ClFN5O3/c1-12(23-10-13(9-20-23)24(26)27)17(25)22-7-5-21(6-8-22)11-14-15(18)3-2-4-16(14)19/h2-4,9-10,12H,5-8,11H2,1H3. The minimum Gasteiger partial charge on any atom is -0.338 e. The summed E-state index contributed by atoms with van der Waals surface area (Å²) in [5, 5.41) is 15.1. The summed E-state index contributed by atoms with van der Waals surface area (Å²) in [6.07, 6.45) is 2.37. The van der Waals surface area contributed by atoms with Gasteiger partial charge in [-0.25, -0.2) is 4.39 Å². The maximum Gasteiger partial charge on any atom is 0.307 e. The highest BCUT2D eigenvalue weighted by Gasteiger charge is 2.27. The van der Waals surface area contributed by atoms with Crippen LogP contribution in [0.2, 0.25) is 5.02 Å². The van der Waals surface area contributed by atoms with Crippen LogP contribution in [0.5, 0.6) is 0 Å². The lowest BCUT2D eigenvalue weighted by Gasteiger charge is -2.36. The van der Waals surface area contributed by atoms with Crippen LogP contribution in [-0.2, 0) is 11.3 Å². The molecular formula is C17H19ClFN5O3. The van der Waals surface area contributed by atoms with E-state index in [0.717, 1.165) is 6.20 Å². The number of nitro groups is 1. The molecule has 1 atom stereocenters. The molecule has 0 saturated carbocycles. The fraction of sp³-hybridized carbons (Fsp3) is 0.412. The monoisotopic (exact) mass is 395 g/mol. The first-order valence-corrected chi connectivity index (χ1v) is 8.87. The van der Waals surface area contributed by atoms with Crippen molar-refractivity contribution in [1.29, 1.82) is 0 Å². The van der Waals surface area contributed by atoms with Crippen molar-refractivity contribution < 1.29 is 14.1 Å². The van der Waals surface area contributed by atoms with Crippen LogP contribution < -0.4 is 0 Å². The molecule has 1 unspecified atom stereocenters. The zero-order chi connectivity index (χ0) is 19.6. The van der Waals surface area contributed by atoms with E-state index in [1.165, 1.54) is 16.9 Å². The van der Waals surface area contributed by atoms with Gasteiger partial charge in [-0.05, 0) is 19.1 Å². The van der Waals surface area contributed by atoms with E-state index in [-0.39, 0.29) is 17.4 Å². The number of rotatable bonds is 5. The number of hydrogen-bond acceptors (Lipinski definition) is 5. The Labute approximate surface area is 160 Å². The third kappa shape index (κ3) is 4.25. The van der Waals surface area contributed by atoms with Gasteiger partial charge in [0.05, 0.1) is 4.92 Å². The van der Waals surface area contributed by atoms with Crippen LogP contribution in [0.3, 0.4) is 0 Å². The van der Waals surface area contributed by atoms with Crippen molar-refractivity contribution in [2.45, 2.75) is 19.5 Å². The van der Waals surface area contributed by atoms with Crippen molar-refractivity contribution in [3.63, 3.8) is 0 Å². The second-order valence-corrected chi connectivity index (χ2v) is 6.82. The number of amides is 1. The highest BCUT2D eigenvalue weighted by Crippen LogP contribution is 2.22. The summed E-state index contributed by atoms with van der Waals surface area (Å²) in [4.78, 5) is 26.6. The third-order valence-electron chi connectivity index (χ3n) is 4.68. The van der Waals surface area contributed by atoms with Gasteiger partial charge in [-0.2, -0.15) is 5.10 Å². The second kappa shape index (κ2) is 8.01. The van der Waals surface area contributed by atoms with Crippen molar-refractivity contribution >= 4 is 23.2 Å². The van der Waals surface area contributed by atoms with Crippen molar-refractivity contribution in [3.8, 4) is 0 Å². The lowest BCUT2D eigenvalue weighted by atomic mass is 10.1. The van der Waals surface area contributed by atoms with Gasteiger partial charge in [0.15, 0.2) is 0 Å². The van der Waals surface area contributed by atoms with Gasteiger partial charge >= 0.3 is 5.69 Å². The second-order valence-electron chi connectivity index (χ2n) is 6.41. The molecule has 0 radical (unpaired) electrons. The van der Waals surface area contributed by atoms with E-state index in [1.54, 1.807) is 24.0 Å². The molecule has 1 fully saturated rings. The summed E-state index contributed by atoms with van der Waals surface area (Å²) >= 11 is 6.07. The summed E-state index contributed by atoms with van der Waals surface area (Å²) in [6.45, 7) is 4.18. The molecule has 27 heavy (non-hydrogen) atoms.